The molecule has 0 aliphatic carbocycles. The molecule has 0 fully saturated rings. The molecule has 0 aliphatic heterocycles. The van der Waals surface area contributed by atoms with Gasteiger partial charge in [0.05, 0.1) is 16.4 Å². The highest BCUT2D eigenvalue weighted by Crippen LogP contribution is 2.31. The Balaban J connectivity index is 1.81. The molecule has 0 spiro atoms. The molecule has 0 aliphatic rings. The van der Waals surface area contributed by atoms with Gasteiger partial charge in [0, 0.05) is 10.9 Å². The Morgan fingerprint density at radius 1 is 1.00 bits per heavy atom. The van der Waals surface area contributed by atoms with Gasteiger partial charge in [-0.15, -0.1) is 11.3 Å². The number of nitrogens with zero attached hydrogens (tertiary/aromatic N) is 1. The summed E-state index contributed by atoms with van der Waals surface area (Å²) in [6.45, 7) is 6.66. The van der Waals surface area contributed by atoms with E-state index in [1.165, 1.54) is 5.56 Å². The van der Waals surface area contributed by atoms with Gasteiger partial charge in [-0.25, -0.2) is 4.98 Å². The predicted molar refractivity (Wildman–Crippen MR) is 101 cm³/mol. The zero-order chi connectivity index (χ0) is 16.4. The first kappa shape index (κ1) is 16.0. The lowest BCUT2D eigenvalue weighted by Crippen LogP contribution is -2.10. The van der Waals surface area contributed by atoms with Crippen LogP contribution in [0.5, 0.6) is 0 Å². The molecule has 0 unspecified atom stereocenters. The molecule has 0 radical (unpaired) electrons. The maximum absolute atomic E-state index is 6.17. The van der Waals surface area contributed by atoms with Gasteiger partial charge < -0.3 is 5.32 Å². The Labute approximate surface area is 146 Å². The molecule has 0 bridgehead atoms. The lowest BCUT2D eigenvalue weighted by molar-refractivity contribution is 0.590. The van der Waals surface area contributed by atoms with Gasteiger partial charge in [0.1, 0.15) is 0 Å². The van der Waals surface area contributed by atoms with Crippen LogP contribution in [-0.2, 0) is 5.41 Å². The minimum Gasteiger partial charge on any atom is -0.330 e. The molecule has 1 heterocycles. The average molecular weight is 343 g/mol. The summed E-state index contributed by atoms with van der Waals surface area (Å²) in [5, 5.41) is 6.87. The molecule has 0 amide bonds. The first-order valence-corrected chi connectivity index (χ1v) is 8.77. The highest BCUT2D eigenvalue weighted by atomic mass is 35.5. The number of rotatable bonds is 3. The monoisotopic (exact) mass is 342 g/mol. The fraction of sp³-hybridized carbons (Fsp3) is 0.211. The SMILES string of the molecule is CC(C)(C)c1ccc(-c2csc(Nc3ccccc3Cl)n2)cc1. The number of thiazole rings is 1. The number of anilines is 2. The number of nitrogens with one attached hydrogen (secondary N) is 1. The Bertz CT molecular complexity index is 801. The number of hydrogen-bond acceptors (Lipinski definition) is 3. The minimum absolute atomic E-state index is 0.164. The van der Waals surface area contributed by atoms with Gasteiger partial charge in [0.25, 0.3) is 0 Å². The van der Waals surface area contributed by atoms with Gasteiger partial charge in [0.2, 0.25) is 0 Å². The normalized spacial score (nSPS) is 11.5. The highest BCUT2D eigenvalue weighted by Gasteiger charge is 2.13. The van der Waals surface area contributed by atoms with Crippen LogP contribution in [-0.4, -0.2) is 4.98 Å². The summed E-state index contributed by atoms with van der Waals surface area (Å²) in [4.78, 5) is 4.66. The molecule has 2 aromatic carbocycles. The van der Waals surface area contributed by atoms with Gasteiger partial charge in [0.15, 0.2) is 5.13 Å². The van der Waals surface area contributed by atoms with Crippen molar-refractivity contribution in [2.24, 2.45) is 0 Å². The van der Waals surface area contributed by atoms with E-state index in [1.807, 2.05) is 24.3 Å². The maximum Gasteiger partial charge on any atom is 0.187 e. The van der Waals surface area contributed by atoms with E-state index in [9.17, 15) is 0 Å². The summed E-state index contributed by atoms with van der Waals surface area (Å²) in [6, 6.07) is 16.3. The standard InChI is InChI=1S/C19H19ClN2S/c1-19(2,3)14-10-8-13(9-11-14)17-12-23-18(22-17)21-16-7-5-4-6-15(16)20/h4-12H,1-3H3,(H,21,22). The lowest BCUT2D eigenvalue weighted by atomic mass is 9.86. The third kappa shape index (κ3) is 3.74. The summed E-state index contributed by atoms with van der Waals surface area (Å²) in [5.74, 6) is 0. The van der Waals surface area contributed by atoms with Gasteiger partial charge in [-0.2, -0.15) is 0 Å². The van der Waals surface area contributed by atoms with Gasteiger partial charge in [-0.3, -0.25) is 0 Å². The fourth-order valence-corrected chi connectivity index (χ4v) is 3.20. The van der Waals surface area contributed by atoms with E-state index in [4.69, 9.17) is 11.6 Å². The third-order valence-electron chi connectivity index (χ3n) is 3.67. The van der Waals surface area contributed by atoms with Crippen molar-refractivity contribution in [3.05, 3.63) is 64.5 Å². The van der Waals surface area contributed by atoms with E-state index in [0.29, 0.717) is 5.02 Å². The molecule has 2 nitrogen and oxygen atoms in total. The molecule has 1 aromatic heterocycles. The number of hydrogen-bond donors (Lipinski definition) is 1. The number of halogens is 1. The third-order valence-corrected chi connectivity index (χ3v) is 4.75. The van der Waals surface area contributed by atoms with Crippen LogP contribution in [0.1, 0.15) is 26.3 Å². The zero-order valence-electron chi connectivity index (χ0n) is 13.4. The van der Waals surface area contributed by atoms with Gasteiger partial charge in [-0.05, 0) is 23.1 Å². The molecule has 0 saturated heterocycles. The molecule has 23 heavy (non-hydrogen) atoms. The Hall–Kier alpha value is -1.84. The molecule has 3 aromatic rings. The van der Waals surface area contributed by atoms with Crippen LogP contribution in [0, 0.1) is 0 Å². The average Bonchev–Trinajstić information content (AvgIpc) is 2.97. The van der Waals surface area contributed by atoms with Crippen molar-refractivity contribution in [2.45, 2.75) is 26.2 Å². The molecule has 118 valence electrons. The maximum atomic E-state index is 6.17. The van der Waals surface area contributed by atoms with E-state index in [-0.39, 0.29) is 5.41 Å². The van der Waals surface area contributed by atoms with E-state index in [0.717, 1.165) is 22.1 Å². The Morgan fingerprint density at radius 2 is 1.70 bits per heavy atom. The van der Waals surface area contributed by atoms with Crippen LogP contribution < -0.4 is 5.32 Å². The van der Waals surface area contributed by atoms with E-state index in [2.05, 4.69) is 60.7 Å². The summed E-state index contributed by atoms with van der Waals surface area (Å²) in [6.07, 6.45) is 0. The first-order valence-electron chi connectivity index (χ1n) is 7.51. The topological polar surface area (TPSA) is 24.9 Å². The van der Waals surface area contributed by atoms with Crippen LogP contribution in [0.25, 0.3) is 11.3 Å². The molecule has 0 saturated carbocycles. The lowest BCUT2D eigenvalue weighted by Gasteiger charge is -2.18. The minimum atomic E-state index is 0.164. The smallest absolute Gasteiger partial charge is 0.187 e. The van der Waals surface area contributed by atoms with Crippen molar-refractivity contribution in [1.29, 1.82) is 0 Å². The van der Waals surface area contributed by atoms with Gasteiger partial charge in [-0.1, -0.05) is 68.8 Å². The fourth-order valence-electron chi connectivity index (χ4n) is 2.28. The first-order chi connectivity index (χ1) is 10.9. The second-order valence-corrected chi connectivity index (χ2v) is 7.74. The van der Waals surface area contributed by atoms with Crippen LogP contribution >= 0.6 is 22.9 Å². The summed E-state index contributed by atoms with van der Waals surface area (Å²) < 4.78 is 0. The Morgan fingerprint density at radius 3 is 2.35 bits per heavy atom. The van der Waals surface area contributed by atoms with Crippen LogP contribution in [0.2, 0.25) is 5.02 Å². The van der Waals surface area contributed by atoms with E-state index in [1.54, 1.807) is 11.3 Å². The second kappa shape index (κ2) is 6.34. The summed E-state index contributed by atoms with van der Waals surface area (Å²) >= 11 is 7.75. The van der Waals surface area contributed by atoms with Crippen molar-refractivity contribution in [2.75, 3.05) is 5.32 Å². The van der Waals surface area contributed by atoms with Crippen LogP contribution in [0.4, 0.5) is 10.8 Å². The molecule has 3 rings (SSSR count). The van der Waals surface area contributed by atoms with Crippen LogP contribution in [0.3, 0.4) is 0 Å². The van der Waals surface area contributed by atoms with E-state index >= 15 is 0 Å². The number of aromatic nitrogens is 1. The molecular formula is C19H19ClN2S. The van der Waals surface area contributed by atoms with E-state index < -0.39 is 0 Å². The summed E-state index contributed by atoms with van der Waals surface area (Å²) in [7, 11) is 0. The quantitative estimate of drug-likeness (QED) is 0.587. The predicted octanol–water partition coefficient (Wildman–Crippen LogP) is 6.50. The molecule has 0 atom stereocenters. The Kier molecular flexibility index (Phi) is 4.42. The highest BCUT2D eigenvalue weighted by molar-refractivity contribution is 7.14. The van der Waals surface area contributed by atoms with Crippen molar-refractivity contribution in [3.63, 3.8) is 0 Å². The molecular weight excluding hydrogens is 324 g/mol. The van der Waals surface area contributed by atoms with Crippen molar-refractivity contribution >= 4 is 33.8 Å². The van der Waals surface area contributed by atoms with Crippen molar-refractivity contribution in [3.8, 4) is 11.3 Å². The van der Waals surface area contributed by atoms with Crippen LogP contribution in [0.15, 0.2) is 53.9 Å². The number of para-hydroxylation sites is 1. The van der Waals surface area contributed by atoms with Gasteiger partial charge >= 0.3 is 0 Å². The van der Waals surface area contributed by atoms with Crippen molar-refractivity contribution < 1.29 is 0 Å². The van der Waals surface area contributed by atoms with Crippen molar-refractivity contribution in [1.82, 2.24) is 4.98 Å². The molecule has 1 N–H and O–H groups in total. The summed E-state index contributed by atoms with van der Waals surface area (Å²) in [5.41, 5.74) is 4.47. The number of benzene rings is 2. The zero-order valence-corrected chi connectivity index (χ0v) is 15.0. The molecule has 4 heteroatoms. The largest absolute Gasteiger partial charge is 0.330 e. The second-order valence-electron chi connectivity index (χ2n) is 6.47.